The molecule has 1 fully saturated rings. The minimum Gasteiger partial charge on any atom is -0.336 e. The van der Waals surface area contributed by atoms with Crippen LogP contribution in [0.15, 0.2) is 70.3 Å². The molecule has 0 radical (unpaired) electrons. The molecule has 0 spiro atoms. The van der Waals surface area contributed by atoms with Gasteiger partial charge in [-0.3, -0.25) is 18.8 Å². The molecule has 0 saturated carbocycles. The lowest BCUT2D eigenvalue weighted by Crippen LogP contribution is -2.48. The first-order valence-corrected chi connectivity index (χ1v) is 14.2. The highest BCUT2D eigenvalue weighted by atomic mass is 16.2. The third-order valence-corrected chi connectivity index (χ3v) is 7.66. The summed E-state index contributed by atoms with van der Waals surface area (Å²) in [5, 5.41) is 0. The summed E-state index contributed by atoms with van der Waals surface area (Å²) in [4.78, 5) is 38.9. The fourth-order valence-corrected chi connectivity index (χ4v) is 5.74. The van der Waals surface area contributed by atoms with E-state index in [0.29, 0.717) is 24.3 Å². The molecule has 4 aromatic rings. The molecule has 0 atom stereocenters. The van der Waals surface area contributed by atoms with E-state index in [0.717, 1.165) is 51.4 Å². The number of fused-ring (bicyclic) bond motifs is 1. The zero-order valence-corrected chi connectivity index (χ0v) is 23.3. The Hall–Kier alpha value is -3.49. The molecule has 206 valence electrons. The number of nitrogens with zero attached hydrogens (tertiary/aromatic N) is 5. The third kappa shape index (κ3) is 5.92. The lowest BCUT2D eigenvalue weighted by atomic mass is 9.96. The van der Waals surface area contributed by atoms with Crippen molar-refractivity contribution in [1.29, 1.82) is 0 Å². The predicted molar refractivity (Wildman–Crippen MR) is 156 cm³/mol. The Morgan fingerprint density at radius 1 is 0.872 bits per heavy atom. The van der Waals surface area contributed by atoms with Gasteiger partial charge in [0.1, 0.15) is 11.3 Å². The molecule has 2 aromatic carbocycles. The van der Waals surface area contributed by atoms with Crippen molar-refractivity contribution in [3.63, 3.8) is 0 Å². The molecule has 3 heterocycles. The van der Waals surface area contributed by atoms with E-state index in [2.05, 4.69) is 89.3 Å². The van der Waals surface area contributed by atoms with Crippen LogP contribution in [0.4, 0.5) is 0 Å². The van der Waals surface area contributed by atoms with Crippen LogP contribution in [0.1, 0.15) is 50.2 Å². The average Bonchev–Trinajstić information content (AvgIpc) is 3.38. The van der Waals surface area contributed by atoms with Crippen LogP contribution in [0.5, 0.6) is 0 Å². The number of H-pyrrole nitrogens is 1. The molecule has 2 aromatic heterocycles. The number of rotatable bonds is 10. The van der Waals surface area contributed by atoms with Gasteiger partial charge in [-0.15, -0.1) is 0 Å². The van der Waals surface area contributed by atoms with Crippen LogP contribution in [-0.4, -0.2) is 61.6 Å². The molecule has 0 unspecified atom stereocenters. The molecule has 0 bridgehead atoms. The number of aromatic nitrogens is 4. The summed E-state index contributed by atoms with van der Waals surface area (Å²) in [5.41, 5.74) is 3.04. The molecular weight excluding hydrogens is 488 g/mol. The van der Waals surface area contributed by atoms with Gasteiger partial charge in [0.25, 0.3) is 5.56 Å². The van der Waals surface area contributed by atoms with Gasteiger partial charge in [-0.2, -0.15) is 0 Å². The second-order valence-corrected chi connectivity index (χ2v) is 10.9. The monoisotopic (exact) mass is 528 g/mol. The fourth-order valence-electron chi connectivity index (χ4n) is 5.74. The molecule has 8 nitrogen and oxygen atoms in total. The molecule has 1 aliphatic heterocycles. The van der Waals surface area contributed by atoms with Crippen molar-refractivity contribution in [3.8, 4) is 0 Å². The molecule has 8 heteroatoms. The summed E-state index contributed by atoms with van der Waals surface area (Å²) < 4.78 is 2.95. The fraction of sp³-hybridized carbons (Fsp3) is 0.452. The summed E-state index contributed by atoms with van der Waals surface area (Å²) in [6, 6.07) is 21.8. The Kier molecular flexibility index (Phi) is 8.43. The summed E-state index contributed by atoms with van der Waals surface area (Å²) in [5.74, 6) is 1.05. The smallest absolute Gasteiger partial charge is 0.332 e. The highest BCUT2D eigenvalue weighted by Crippen LogP contribution is 2.29. The van der Waals surface area contributed by atoms with Crippen LogP contribution >= 0.6 is 0 Å². The first kappa shape index (κ1) is 27.1. The van der Waals surface area contributed by atoms with Crippen LogP contribution in [0, 0.1) is 5.92 Å². The van der Waals surface area contributed by atoms with Crippen molar-refractivity contribution in [2.45, 2.75) is 52.7 Å². The van der Waals surface area contributed by atoms with Crippen molar-refractivity contribution in [1.82, 2.24) is 28.9 Å². The number of benzene rings is 2. The van der Waals surface area contributed by atoms with E-state index >= 15 is 0 Å². The van der Waals surface area contributed by atoms with Crippen LogP contribution in [-0.2, 0) is 19.5 Å². The van der Waals surface area contributed by atoms with Gasteiger partial charge >= 0.3 is 5.69 Å². The minimum absolute atomic E-state index is 0.265. The number of aryl methyl sites for hydroxylation is 1. The number of hydrogen-bond donors (Lipinski definition) is 1. The van der Waals surface area contributed by atoms with Gasteiger partial charge in [0.05, 0.1) is 6.04 Å². The minimum atomic E-state index is -0.279. The topological polar surface area (TPSA) is 79.2 Å². The van der Waals surface area contributed by atoms with Crippen LogP contribution in [0.2, 0.25) is 0 Å². The van der Waals surface area contributed by atoms with Gasteiger partial charge < -0.3 is 9.88 Å². The molecule has 0 amide bonds. The van der Waals surface area contributed by atoms with Crippen LogP contribution in [0.25, 0.3) is 11.2 Å². The van der Waals surface area contributed by atoms with E-state index in [1.54, 1.807) is 4.57 Å². The highest BCUT2D eigenvalue weighted by Gasteiger charge is 2.26. The van der Waals surface area contributed by atoms with Crippen LogP contribution < -0.4 is 11.2 Å². The summed E-state index contributed by atoms with van der Waals surface area (Å²) in [7, 11) is 0. The Labute approximate surface area is 229 Å². The Morgan fingerprint density at radius 3 is 2.05 bits per heavy atom. The Balaban J connectivity index is 1.23. The largest absolute Gasteiger partial charge is 0.336 e. The standard InChI is InChI=1S/C31H40N6O2/c1-4-36-30(38)27-29(37(31(36)39)22-23(2)3)33-26(32-27)16-11-17-34-18-20-35(21-19-34)28(24-12-7-5-8-13-24)25-14-9-6-10-15-25/h5-10,12-15,23,28H,4,11,16-22H2,1-3H3,(H,32,33). The summed E-state index contributed by atoms with van der Waals surface area (Å²) in [6.45, 7) is 11.9. The van der Waals surface area contributed by atoms with Gasteiger partial charge in [0, 0.05) is 45.7 Å². The first-order valence-electron chi connectivity index (χ1n) is 14.2. The maximum atomic E-state index is 12.9. The van der Waals surface area contributed by atoms with E-state index in [1.165, 1.54) is 15.7 Å². The predicted octanol–water partition coefficient (Wildman–Crippen LogP) is 3.90. The van der Waals surface area contributed by atoms with Crippen molar-refractivity contribution in [2.24, 2.45) is 5.92 Å². The molecule has 1 saturated heterocycles. The van der Waals surface area contributed by atoms with Crippen molar-refractivity contribution in [2.75, 3.05) is 32.7 Å². The van der Waals surface area contributed by atoms with Crippen LogP contribution in [0.3, 0.4) is 0 Å². The lowest BCUT2D eigenvalue weighted by molar-refractivity contribution is 0.108. The second kappa shape index (κ2) is 12.1. The van der Waals surface area contributed by atoms with Gasteiger partial charge in [0.2, 0.25) is 0 Å². The maximum Gasteiger partial charge on any atom is 0.332 e. The van der Waals surface area contributed by atoms with E-state index in [9.17, 15) is 9.59 Å². The van der Waals surface area contributed by atoms with E-state index < -0.39 is 0 Å². The summed E-state index contributed by atoms with van der Waals surface area (Å²) in [6.07, 6.45) is 1.68. The Morgan fingerprint density at radius 2 is 1.49 bits per heavy atom. The average molecular weight is 529 g/mol. The van der Waals surface area contributed by atoms with E-state index in [4.69, 9.17) is 4.98 Å². The SMILES string of the molecule is CCn1c(=O)c2[nH]c(CCCN3CCN(C(c4ccccc4)c4ccccc4)CC3)nc2n(CC(C)C)c1=O. The zero-order chi connectivity index (χ0) is 27.4. The number of imidazole rings is 1. The van der Waals surface area contributed by atoms with Crippen molar-refractivity contribution < 1.29 is 0 Å². The molecule has 1 aliphatic rings. The van der Waals surface area contributed by atoms with E-state index in [1.807, 2.05) is 6.92 Å². The number of piperazine rings is 1. The Bertz CT molecular complexity index is 1440. The first-order chi connectivity index (χ1) is 19.0. The number of aromatic amines is 1. The quantitative estimate of drug-likeness (QED) is 0.338. The zero-order valence-electron chi connectivity index (χ0n) is 23.3. The normalized spacial score (nSPS) is 15.1. The van der Waals surface area contributed by atoms with Gasteiger partial charge in [-0.25, -0.2) is 9.78 Å². The number of hydrogen-bond acceptors (Lipinski definition) is 5. The molecular formula is C31H40N6O2. The van der Waals surface area contributed by atoms with Gasteiger partial charge in [0.15, 0.2) is 5.65 Å². The van der Waals surface area contributed by atoms with Crippen molar-refractivity contribution in [3.05, 3.63) is 98.5 Å². The summed E-state index contributed by atoms with van der Waals surface area (Å²) >= 11 is 0. The third-order valence-electron chi connectivity index (χ3n) is 7.66. The van der Waals surface area contributed by atoms with Gasteiger partial charge in [-0.05, 0) is 36.9 Å². The molecule has 5 rings (SSSR count). The maximum absolute atomic E-state index is 12.9. The molecule has 39 heavy (non-hydrogen) atoms. The van der Waals surface area contributed by atoms with E-state index in [-0.39, 0.29) is 23.2 Å². The number of nitrogens with one attached hydrogen (secondary N) is 1. The highest BCUT2D eigenvalue weighted by molar-refractivity contribution is 5.69. The van der Waals surface area contributed by atoms with Gasteiger partial charge in [-0.1, -0.05) is 74.5 Å². The second-order valence-electron chi connectivity index (χ2n) is 10.9. The molecule has 1 N–H and O–H groups in total. The van der Waals surface area contributed by atoms with Crippen molar-refractivity contribution >= 4 is 11.2 Å². The molecule has 0 aliphatic carbocycles. The lowest BCUT2D eigenvalue weighted by Gasteiger charge is -2.39.